The van der Waals surface area contributed by atoms with Crippen LogP contribution >= 0.6 is 0 Å². The number of amides is 3. The molecule has 2 aromatic carbocycles. The standard InChI is InChI=1S/C24H24FN3O5/c1-12-19-20(24(27-12)15-11-14(25)5-6-16(15)26-23(24)31)22(30)28(21(19)29)9-8-13-4-7-17(32-2)18(10-13)33-3/h4-7,10-12,19-20,27H,8-9H2,1-3H3,(H,26,31)/t12-,19-,20+,24-/m1/s1. The minimum Gasteiger partial charge on any atom is -0.493 e. The molecule has 0 aromatic heterocycles. The third kappa shape index (κ3) is 2.95. The highest BCUT2D eigenvalue weighted by molar-refractivity contribution is 6.15. The number of methoxy groups -OCH3 is 2. The molecule has 9 heteroatoms. The van der Waals surface area contributed by atoms with E-state index in [4.69, 9.17) is 9.47 Å². The van der Waals surface area contributed by atoms with Gasteiger partial charge in [-0.05, 0) is 49.2 Å². The Labute approximate surface area is 190 Å². The molecule has 0 unspecified atom stereocenters. The predicted molar refractivity (Wildman–Crippen MR) is 116 cm³/mol. The van der Waals surface area contributed by atoms with Crippen LogP contribution in [0.2, 0.25) is 0 Å². The zero-order chi connectivity index (χ0) is 23.5. The molecule has 0 saturated carbocycles. The fourth-order valence-electron chi connectivity index (χ4n) is 5.49. The number of likely N-dealkylation sites (tertiary alicyclic amines) is 1. The molecule has 4 atom stereocenters. The van der Waals surface area contributed by atoms with Gasteiger partial charge in [-0.15, -0.1) is 0 Å². The molecule has 3 amide bonds. The van der Waals surface area contributed by atoms with Crippen molar-refractivity contribution in [2.45, 2.75) is 24.9 Å². The average molecular weight is 453 g/mol. The van der Waals surface area contributed by atoms with Crippen LogP contribution in [0.5, 0.6) is 11.5 Å². The van der Waals surface area contributed by atoms with Gasteiger partial charge in [0.2, 0.25) is 17.7 Å². The number of ether oxygens (including phenoxy) is 2. The van der Waals surface area contributed by atoms with Gasteiger partial charge in [0.15, 0.2) is 11.5 Å². The van der Waals surface area contributed by atoms with Crippen molar-refractivity contribution in [3.05, 3.63) is 53.3 Å². The van der Waals surface area contributed by atoms with Gasteiger partial charge in [-0.3, -0.25) is 24.6 Å². The van der Waals surface area contributed by atoms with Crippen LogP contribution in [0.3, 0.4) is 0 Å². The van der Waals surface area contributed by atoms with E-state index in [0.29, 0.717) is 29.2 Å². The van der Waals surface area contributed by atoms with Crippen molar-refractivity contribution >= 4 is 23.4 Å². The summed E-state index contributed by atoms with van der Waals surface area (Å²) in [6.07, 6.45) is 0.420. The van der Waals surface area contributed by atoms with Crippen molar-refractivity contribution in [3.8, 4) is 11.5 Å². The quantitative estimate of drug-likeness (QED) is 0.671. The summed E-state index contributed by atoms with van der Waals surface area (Å²) in [5.74, 6) is -2.19. The third-order valence-electron chi connectivity index (χ3n) is 6.99. The first-order chi connectivity index (χ1) is 15.8. The molecule has 0 aliphatic carbocycles. The summed E-state index contributed by atoms with van der Waals surface area (Å²) in [6, 6.07) is 8.99. The molecule has 2 aromatic rings. The van der Waals surface area contributed by atoms with Gasteiger partial charge >= 0.3 is 0 Å². The van der Waals surface area contributed by atoms with Gasteiger partial charge in [-0.1, -0.05) is 6.07 Å². The van der Waals surface area contributed by atoms with Gasteiger partial charge < -0.3 is 14.8 Å². The average Bonchev–Trinajstić information content (AvgIpc) is 3.36. The van der Waals surface area contributed by atoms with Crippen LogP contribution in [-0.4, -0.2) is 49.4 Å². The maximum absolute atomic E-state index is 14.1. The number of anilines is 1. The summed E-state index contributed by atoms with van der Waals surface area (Å²) in [5, 5.41) is 5.92. The lowest BCUT2D eigenvalue weighted by Gasteiger charge is -2.29. The van der Waals surface area contributed by atoms with Crippen molar-refractivity contribution in [2.75, 3.05) is 26.1 Å². The summed E-state index contributed by atoms with van der Waals surface area (Å²) in [4.78, 5) is 41.2. The Kier molecular flexibility index (Phi) is 4.89. The second-order valence-electron chi connectivity index (χ2n) is 8.66. The first-order valence-electron chi connectivity index (χ1n) is 10.8. The number of rotatable bonds is 5. The third-order valence-corrected chi connectivity index (χ3v) is 6.99. The van der Waals surface area contributed by atoms with Crippen LogP contribution < -0.4 is 20.1 Å². The molecule has 3 aliphatic heterocycles. The van der Waals surface area contributed by atoms with Gasteiger partial charge in [-0.2, -0.15) is 0 Å². The lowest BCUT2D eigenvalue weighted by atomic mass is 9.76. The summed E-state index contributed by atoms with van der Waals surface area (Å²) in [5.41, 5.74) is 0.226. The van der Waals surface area contributed by atoms with Crippen LogP contribution in [0.15, 0.2) is 36.4 Å². The fourth-order valence-corrected chi connectivity index (χ4v) is 5.49. The number of imide groups is 1. The van der Waals surface area contributed by atoms with Crippen LogP contribution in [0.25, 0.3) is 0 Å². The summed E-state index contributed by atoms with van der Waals surface area (Å²) in [6.45, 7) is 1.95. The first kappa shape index (κ1) is 21.4. The molecule has 1 spiro atoms. The zero-order valence-electron chi connectivity index (χ0n) is 18.5. The van der Waals surface area contributed by atoms with Crippen molar-refractivity contribution in [3.63, 3.8) is 0 Å². The van der Waals surface area contributed by atoms with E-state index in [0.717, 1.165) is 5.56 Å². The highest BCUT2D eigenvalue weighted by atomic mass is 19.1. The van der Waals surface area contributed by atoms with Crippen molar-refractivity contribution < 1.29 is 28.2 Å². The van der Waals surface area contributed by atoms with Crippen molar-refractivity contribution in [1.82, 2.24) is 10.2 Å². The van der Waals surface area contributed by atoms with Crippen LogP contribution in [0.4, 0.5) is 10.1 Å². The predicted octanol–water partition coefficient (Wildman–Crippen LogP) is 1.83. The van der Waals surface area contributed by atoms with E-state index in [-0.39, 0.29) is 12.5 Å². The maximum Gasteiger partial charge on any atom is 0.250 e. The first-order valence-corrected chi connectivity index (χ1v) is 10.8. The Morgan fingerprint density at radius 1 is 1.03 bits per heavy atom. The Morgan fingerprint density at radius 2 is 1.79 bits per heavy atom. The number of carbonyl (C=O) groups excluding carboxylic acids is 3. The van der Waals surface area contributed by atoms with E-state index in [1.54, 1.807) is 26.2 Å². The van der Waals surface area contributed by atoms with Gasteiger partial charge in [-0.25, -0.2) is 4.39 Å². The largest absolute Gasteiger partial charge is 0.493 e. The smallest absolute Gasteiger partial charge is 0.250 e. The van der Waals surface area contributed by atoms with Gasteiger partial charge in [0, 0.05) is 23.8 Å². The van der Waals surface area contributed by atoms with E-state index in [9.17, 15) is 18.8 Å². The van der Waals surface area contributed by atoms with Crippen LogP contribution in [0, 0.1) is 17.7 Å². The zero-order valence-corrected chi connectivity index (χ0v) is 18.5. The molecule has 3 heterocycles. The van der Waals surface area contributed by atoms with E-state index in [1.807, 2.05) is 6.07 Å². The number of hydrogen-bond acceptors (Lipinski definition) is 6. The maximum atomic E-state index is 14.1. The SMILES string of the molecule is COc1ccc(CCN2C(=O)[C@H]3[C@@H](C2=O)[C@@]2(N[C@@H]3C)C(=O)Nc3ccc(F)cc32)cc1OC. The molecule has 0 bridgehead atoms. The summed E-state index contributed by atoms with van der Waals surface area (Å²) in [7, 11) is 3.09. The number of benzene rings is 2. The minimum atomic E-state index is -1.47. The van der Waals surface area contributed by atoms with Crippen molar-refractivity contribution in [1.29, 1.82) is 0 Å². The van der Waals surface area contributed by atoms with Crippen LogP contribution in [-0.2, 0) is 26.3 Å². The molecule has 8 nitrogen and oxygen atoms in total. The molecule has 0 radical (unpaired) electrons. The fraction of sp³-hybridized carbons (Fsp3) is 0.375. The van der Waals surface area contributed by atoms with Crippen LogP contribution in [0.1, 0.15) is 18.1 Å². The summed E-state index contributed by atoms with van der Waals surface area (Å²) < 4.78 is 24.7. The molecule has 3 aliphatic rings. The highest BCUT2D eigenvalue weighted by Gasteiger charge is 2.69. The number of hydrogen-bond donors (Lipinski definition) is 2. The minimum absolute atomic E-state index is 0.167. The number of nitrogens with one attached hydrogen (secondary N) is 2. The summed E-state index contributed by atoms with van der Waals surface area (Å²) >= 11 is 0. The number of carbonyl (C=O) groups is 3. The second-order valence-corrected chi connectivity index (χ2v) is 8.66. The van der Waals surface area contributed by atoms with Gasteiger partial charge in [0.05, 0.1) is 26.1 Å². The second kappa shape index (κ2) is 7.55. The number of nitrogens with zero attached hydrogens (tertiary/aromatic N) is 1. The Hall–Kier alpha value is -3.46. The normalized spacial score (nSPS) is 27.7. The number of fused-ring (bicyclic) bond motifs is 4. The molecule has 2 fully saturated rings. The lowest BCUT2D eigenvalue weighted by molar-refractivity contribution is -0.142. The Balaban J connectivity index is 1.45. The molecule has 2 saturated heterocycles. The topological polar surface area (TPSA) is 97.0 Å². The monoisotopic (exact) mass is 453 g/mol. The molecule has 5 rings (SSSR count). The molecular formula is C24H24FN3O5. The number of halogens is 1. The van der Waals surface area contributed by atoms with Crippen molar-refractivity contribution in [2.24, 2.45) is 11.8 Å². The van der Waals surface area contributed by atoms with E-state index >= 15 is 0 Å². The molecule has 2 N–H and O–H groups in total. The Bertz CT molecular complexity index is 1180. The van der Waals surface area contributed by atoms with Gasteiger partial charge in [0.25, 0.3) is 0 Å². The highest BCUT2D eigenvalue weighted by Crippen LogP contribution is 2.52. The van der Waals surface area contributed by atoms with Gasteiger partial charge in [0.1, 0.15) is 11.4 Å². The van der Waals surface area contributed by atoms with E-state index in [1.165, 1.54) is 30.2 Å². The molecule has 172 valence electrons. The lowest BCUT2D eigenvalue weighted by Crippen LogP contribution is -2.53. The van der Waals surface area contributed by atoms with E-state index in [2.05, 4.69) is 10.6 Å². The van der Waals surface area contributed by atoms with E-state index < -0.39 is 41.0 Å². The molecule has 33 heavy (non-hydrogen) atoms. The Morgan fingerprint density at radius 3 is 2.52 bits per heavy atom. The molecular weight excluding hydrogens is 429 g/mol.